The second-order valence-electron chi connectivity index (χ2n) is 3.67. The summed E-state index contributed by atoms with van der Waals surface area (Å²) in [5.41, 5.74) is 9.65. The molecule has 1 atom stereocenters. The average Bonchev–Trinajstić information content (AvgIpc) is 2.12. The summed E-state index contributed by atoms with van der Waals surface area (Å²) in [7, 11) is 0. The number of hydrogen-bond acceptors (Lipinski definition) is 2. The van der Waals surface area contributed by atoms with Gasteiger partial charge in [0.15, 0.2) is 0 Å². The van der Waals surface area contributed by atoms with Crippen molar-refractivity contribution in [2.75, 3.05) is 6.61 Å². The minimum atomic E-state index is 0.156. The lowest BCUT2D eigenvalue weighted by Gasteiger charge is -2.25. The molecule has 0 unspecified atom stereocenters. The minimum Gasteiger partial charge on any atom is -0.493 e. The van der Waals surface area contributed by atoms with Crippen LogP contribution in [0.1, 0.15) is 29.2 Å². The van der Waals surface area contributed by atoms with Gasteiger partial charge in [-0.2, -0.15) is 0 Å². The van der Waals surface area contributed by atoms with Crippen molar-refractivity contribution in [3.05, 3.63) is 28.8 Å². The van der Waals surface area contributed by atoms with E-state index in [-0.39, 0.29) is 6.04 Å². The third-order valence-corrected chi connectivity index (χ3v) is 2.78. The molecule has 0 bridgehead atoms. The molecular weight excluding hydrogens is 162 g/mol. The van der Waals surface area contributed by atoms with E-state index >= 15 is 0 Å². The first kappa shape index (κ1) is 8.57. The van der Waals surface area contributed by atoms with E-state index in [2.05, 4.69) is 26.0 Å². The molecule has 2 nitrogen and oxygen atoms in total. The first-order chi connectivity index (χ1) is 6.20. The van der Waals surface area contributed by atoms with Crippen LogP contribution in [-0.4, -0.2) is 6.61 Å². The molecule has 0 aromatic heterocycles. The highest BCUT2D eigenvalue weighted by Gasteiger charge is 2.19. The maximum Gasteiger partial charge on any atom is 0.127 e. The molecule has 1 aromatic rings. The SMILES string of the molecule is Cc1ccc2c(c1C)OCC[C@H]2N. The van der Waals surface area contributed by atoms with Crippen molar-refractivity contribution in [3.8, 4) is 5.75 Å². The van der Waals surface area contributed by atoms with Gasteiger partial charge in [0, 0.05) is 18.0 Å². The topological polar surface area (TPSA) is 35.2 Å². The average molecular weight is 177 g/mol. The van der Waals surface area contributed by atoms with E-state index in [0.29, 0.717) is 0 Å². The summed E-state index contributed by atoms with van der Waals surface area (Å²) in [4.78, 5) is 0. The highest BCUT2D eigenvalue weighted by atomic mass is 16.5. The Labute approximate surface area is 78.7 Å². The molecule has 1 aromatic carbocycles. The molecule has 0 saturated heterocycles. The minimum absolute atomic E-state index is 0.156. The second kappa shape index (κ2) is 3.04. The number of benzene rings is 1. The molecular formula is C11H15NO. The zero-order chi connectivity index (χ0) is 9.42. The van der Waals surface area contributed by atoms with Crippen LogP contribution in [0.25, 0.3) is 0 Å². The quantitative estimate of drug-likeness (QED) is 0.658. The third kappa shape index (κ3) is 1.31. The van der Waals surface area contributed by atoms with Gasteiger partial charge in [-0.3, -0.25) is 0 Å². The van der Waals surface area contributed by atoms with Gasteiger partial charge in [0.1, 0.15) is 5.75 Å². The Morgan fingerprint density at radius 3 is 2.92 bits per heavy atom. The van der Waals surface area contributed by atoms with E-state index in [1.165, 1.54) is 11.1 Å². The second-order valence-corrected chi connectivity index (χ2v) is 3.67. The summed E-state index contributed by atoms with van der Waals surface area (Å²) in [5.74, 6) is 1.01. The third-order valence-electron chi connectivity index (χ3n) is 2.78. The van der Waals surface area contributed by atoms with Gasteiger partial charge in [-0.05, 0) is 25.0 Å². The Morgan fingerprint density at radius 2 is 2.15 bits per heavy atom. The Hall–Kier alpha value is -1.02. The van der Waals surface area contributed by atoms with Crippen molar-refractivity contribution in [2.45, 2.75) is 26.3 Å². The van der Waals surface area contributed by atoms with Crippen LogP contribution < -0.4 is 10.5 Å². The van der Waals surface area contributed by atoms with Gasteiger partial charge in [-0.25, -0.2) is 0 Å². The number of ether oxygens (including phenoxy) is 1. The van der Waals surface area contributed by atoms with Crippen LogP contribution in [0.2, 0.25) is 0 Å². The normalized spacial score (nSPS) is 20.7. The molecule has 0 radical (unpaired) electrons. The summed E-state index contributed by atoms with van der Waals surface area (Å²) < 4.78 is 5.63. The van der Waals surface area contributed by atoms with E-state index in [1.54, 1.807) is 0 Å². The van der Waals surface area contributed by atoms with Crippen molar-refractivity contribution >= 4 is 0 Å². The predicted octanol–water partition coefficient (Wildman–Crippen LogP) is 2.09. The number of hydrogen-bond donors (Lipinski definition) is 1. The molecule has 1 aliphatic heterocycles. The lowest BCUT2D eigenvalue weighted by Crippen LogP contribution is -2.21. The first-order valence-corrected chi connectivity index (χ1v) is 4.68. The van der Waals surface area contributed by atoms with Crippen molar-refractivity contribution < 1.29 is 4.74 Å². The van der Waals surface area contributed by atoms with Gasteiger partial charge in [0.25, 0.3) is 0 Å². The Bertz CT molecular complexity index is 333. The van der Waals surface area contributed by atoms with Gasteiger partial charge >= 0.3 is 0 Å². The number of rotatable bonds is 0. The molecule has 1 aliphatic rings. The zero-order valence-corrected chi connectivity index (χ0v) is 8.13. The van der Waals surface area contributed by atoms with Crippen molar-refractivity contribution in [2.24, 2.45) is 5.73 Å². The van der Waals surface area contributed by atoms with Crippen molar-refractivity contribution in [3.63, 3.8) is 0 Å². The van der Waals surface area contributed by atoms with E-state index < -0.39 is 0 Å². The Balaban J connectivity index is 2.56. The van der Waals surface area contributed by atoms with E-state index in [1.807, 2.05) is 0 Å². The lowest BCUT2D eigenvalue weighted by molar-refractivity contribution is 0.267. The van der Waals surface area contributed by atoms with Crippen LogP contribution >= 0.6 is 0 Å². The molecule has 0 aliphatic carbocycles. The molecule has 2 N–H and O–H groups in total. The summed E-state index contributed by atoms with van der Waals surface area (Å²) in [6.07, 6.45) is 0.926. The summed E-state index contributed by atoms with van der Waals surface area (Å²) in [6, 6.07) is 4.35. The van der Waals surface area contributed by atoms with E-state index in [4.69, 9.17) is 10.5 Å². The predicted molar refractivity (Wildman–Crippen MR) is 53.0 cm³/mol. The van der Waals surface area contributed by atoms with Crippen molar-refractivity contribution in [1.82, 2.24) is 0 Å². The maximum absolute atomic E-state index is 5.99. The number of nitrogens with two attached hydrogens (primary N) is 1. The fourth-order valence-electron chi connectivity index (χ4n) is 1.74. The molecule has 13 heavy (non-hydrogen) atoms. The summed E-state index contributed by atoms with van der Waals surface area (Å²) in [6.45, 7) is 4.93. The molecule has 0 spiro atoms. The maximum atomic E-state index is 5.99. The van der Waals surface area contributed by atoms with Gasteiger partial charge in [0.05, 0.1) is 6.61 Å². The first-order valence-electron chi connectivity index (χ1n) is 4.68. The lowest BCUT2D eigenvalue weighted by atomic mass is 9.96. The van der Waals surface area contributed by atoms with Crippen LogP contribution in [0.3, 0.4) is 0 Å². The van der Waals surface area contributed by atoms with Crippen LogP contribution in [0.15, 0.2) is 12.1 Å². The molecule has 70 valence electrons. The molecule has 2 rings (SSSR count). The summed E-state index contributed by atoms with van der Waals surface area (Å²) >= 11 is 0. The highest BCUT2D eigenvalue weighted by Crippen LogP contribution is 2.34. The van der Waals surface area contributed by atoms with Gasteiger partial charge in [0.2, 0.25) is 0 Å². The Kier molecular flexibility index (Phi) is 2.00. The fraction of sp³-hybridized carbons (Fsp3) is 0.455. The van der Waals surface area contributed by atoms with Gasteiger partial charge < -0.3 is 10.5 Å². The molecule has 1 heterocycles. The summed E-state index contributed by atoms with van der Waals surface area (Å²) in [5, 5.41) is 0. The van der Waals surface area contributed by atoms with Crippen LogP contribution in [0, 0.1) is 13.8 Å². The zero-order valence-electron chi connectivity index (χ0n) is 8.13. The van der Waals surface area contributed by atoms with E-state index in [0.717, 1.165) is 24.3 Å². The van der Waals surface area contributed by atoms with Gasteiger partial charge in [-0.15, -0.1) is 0 Å². The largest absolute Gasteiger partial charge is 0.493 e. The molecule has 0 saturated carbocycles. The molecule has 0 amide bonds. The smallest absolute Gasteiger partial charge is 0.127 e. The highest BCUT2D eigenvalue weighted by molar-refractivity contribution is 5.47. The number of fused-ring (bicyclic) bond motifs is 1. The molecule has 0 fully saturated rings. The van der Waals surface area contributed by atoms with Gasteiger partial charge in [-0.1, -0.05) is 12.1 Å². The Morgan fingerprint density at radius 1 is 1.38 bits per heavy atom. The molecule has 2 heteroatoms. The monoisotopic (exact) mass is 177 g/mol. The van der Waals surface area contributed by atoms with Crippen molar-refractivity contribution in [1.29, 1.82) is 0 Å². The standard InChI is InChI=1S/C11H15NO/c1-7-3-4-9-10(12)5-6-13-11(9)8(7)2/h3-4,10H,5-6,12H2,1-2H3/t10-/m1/s1. The fourth-order valence-corrected chi connectivity index (χ4v) is 1.74. The van der Waals surface area contributed by atoms with E-state index in [9.17, 15) is 0 Å². The van der Waals surface area contributed by atoms with Crippen LogP contribution in [-0.2, 0) is 0 Å². The van der Waals surface area contributed by atoms with Crippen LogP contribution in [0.4, 0.5) is 0 Å². The number of aryl methyl sites for hydroxylation is 1. The van der Waals surface area contributed by atoms with Crippen LogP contribution in [0.5, 0.6) is 5.75 Å².